The molecule has 0 amide bonds. The maximum absolute atomic E-state index is 8.50. The summed E-state index contributed by atoms with van der Waals surface area (Å²) in [7, 11) is 0. The van der Waals surface area contributed by atoms with Gasteiger partial charge < -0.3 is 14.9 Å². The third kappa shape index (κ3) is 270. The second-order valence-corrected chi connectivity index (χ2v) is 0.403. The molecule has 0 saturated carbocycles. The fourth-order valence-corrected chi connectivity index (χ4v) is 0. The van der Waals surface area contributed by atoms with E-state index in [0.717, 1.165) is 0 Å². The summed E-state index contributed by atoms with van der Waals surface area (Å²) < 4.78 is 17.0. The van der Waals surface area contributed by atoms with Crippen molar-refractivity contribution in [2.24, 2.45) is 0 Å². The standard InChI is InChI=1S/2CH3.Mo.2O/h2*1H3;;;/q2*-1;+2;;. The molecule has 0 unspecified atom stereocenters. The molecule has 0 aromatic rings. The summed E-state index contributed by atoms with van der Waals surface area (Å²) in [5, 5.41) is 0. The van der Waals surface area contributed by atoms with Crippen molar-refractivity contribution >= 4 is 0 Å². The summed E-state index contributed by atoms with van der Waals surface area (Å²) in [6.07, 6.45) is 0. The van der Waals surface area contributed by atoms with Crippen LogP contribution in [-0.2, 0) is 25.3 Å². The van der Waals surface area contributed by atoms with E-state index in [1.165, 1.54) is 0 Å². The van der Waals surface area contributed by atoms with Gasteiger partial charge >= 0.3 is 25.3 Å². The van der Waals surface area contributed by atoms with Gasteiger partial charge in [0, 0.05) is 0 Å². The van der Waals surface area contributed by atoms with E-state index in [1.807, 2.05) is 0 Å². The Hall–Kier alpha value is 0.288. The molecule has 0 N–H and O–H groups in total. The van der Waals surface area contributed by atoms with Gasteiger partial charge in [0.2, 0.25) is 0 Å². The third-order valence-corrected chi connectivity index (χ3v) is 0. The SMILES string of the molecule is [CH3-].[CH3-].[O]=[Mo+2]=[O]. The maximum atomic E-state index is 8.50. The Morgan fingerprint density at radius 3 is 1.00 bits per heavy atom. The zero-order valence-corrected chi connectivity index (χ0v) is 5.23. The Balaban J connectivity index is -0.0000000200. The molecule has 5 heavy (non-hydrogen) atoms. The monoisotopic (exact) mass is 160 g/mol. The first-order chi connectivity index (χ1) is 1.41. The summed E-state index contributed by atoms with van der Waals surface area (Å²) >= 11 is -2.03. The van der Waals surface area contributed by atoms with E-state index in [9.17, 15) is 0 Å². The van der Waals surface area contributed by atoms with Crippen LogP contribution in [0.5, 0.6) is 0 Å². The molecule has 0 aliphatic heterocycles. The van der Waals surface area contributed by atoms with Crippen molar-refractivity contribution in [3.63, 3.8) is 0 Å². The van der Waals surface area contributed by atoms with Gasteiger partial charge in [0.05, 0.1) is 0 Å². The molecule has 0 atom stereocenters. The van der Waals surface area contributed by atoms with Crippen LogP contribution in [0.15, 0.2) is 0 Å². The molecular weight excluding hydrogens is 152 g/mol. The first kappa shape index (κ1) is 18.6. The molecule has 0 aromatic carbocycles. The zero-order chi connectivity index (χ0) is 2.71. The molecule has 0 aromatic heterocycles. The van der Waals surface area contributed by atoms with Gasteiger partial charge in [0.25, 0.3) is 0 Å². The Morgan fingerprint density at radius 2 is 1.00 bits per heavy atom. The van der Waals surface area contributed by atoms with Crippen molar-refractivity contribution in [1.29, 1.82) is 0 Å². The second-order valence-electron chi connectivity index (χ2n) is 0.0680. The average molecular weight is 158 g/mol. The molecule has 0 aliphatic rings. The second kappa shape index (κ2) is 27.9. The van der Waals surface area contributed by atoms with E-state index in [1.54, 1.807) is 0 Å². The van der Waals surface area contributed by atoms with Crippen LogP contribution in [-0.4, -0.2) is 0 Å². The normalized spacial score (nSPS) is 1.60. The van der Waals surface area contributed by atoms with Crippen molar-refractivity contribution < 1.29 is 25.3 Å². The zero-order valence-electron chi connectivity index (χ0n) is 3.22. The first-order valence-electron chi connectivity index (χ1n) is 0.333. The van der Waals surface area contributed by atoms with E-state index < -0.39 is 18.5 Å². The molecule has 3 heteroatoms. The van der Waals surface area contributed by atoms with Gasteiger partial charge in [0.1, 0.15) is 0 Å². The summed E-state index contributed by atoms with van der Waals surface area (Å²) in [6, 6.07) is 0. The van der Waals surface area contributed by atoms with Crippen LogP contribution in [0.3, 0.4) is 0 Å². The van der Waals surface area contributed by atoms with Crippen LogP contribution in [0.2, 0.25) is 0 Å². The molecule has 0 bridgehead atoms. The molecule has 0 fully saturated rings. The Labute approximate surface area is 40.7 Å². The van der Waals surface area contributed by atoms with Crippen LogP contribution in [0.1, 0.15) is 0 Å². The van der Waals surface area contributed by atoms with Crippen molar-refractivity contribution in [3.8, 4) is 0 Å². The van der Waals surface area contributed by atoms with Gasteiger partial charge in [-0.05, 0) is 0 Å². The summed E-state index contributed by atoms with van der Waals surface area (Å²) in [5.74, 6) is 0. The number of hydrogen-bond acceptors (Lipinski definition) is 2. The van der Waals surface area contributed by atoms with Gasteiger partial charge in [-0.15, -0.1) is 0 Å². The first-order valence-corrected chi connectivity index (χ1v) is 1.97. The van der Waals surface area contributed by atoms with E-state index in [0.29, 0.717) is 0 Å². The topological polar surface area (TPSA) is 34.1 Å². The van der Waals surface area contributed by atoms with E-state index in [2.05, 4.69) is 0 Å². The minimum atomic E-state index is -2.03. The van der Waals surface area contributed by atoms with Crippen molar-refractivity contribution in [3.05, 3.63) is 14.9 Å². The minimum absolute atomic E-state index is 0. The van der Waals surface area contributed by atoms with Gasteiger partial charge in [-0.25, -0.2) is 0 Å². The molecular formula is C2H6MoO2. The van der Waals surface area contributed by atoms with E-state index >= 15 is 0 Å². The Morgan fingerprint density at radius 1 is 1.00 bits per heavy atom. The van der Waals surface area contributed by atoms with Crippen LogP contribution >= 0.6 is 0 Å². The van der Waals surface area contributed by atoms with Crippen LogP contribution in [0.25, 0.3) is 0 Å². The molecule has 0 radical (unpaired) electrons. The summed E-state index contributed by atoms with van der Waals surface area (Å²) in [4.78, 5) is 0. The molecule has 0 saturated heterocycles. The fraction of sp³-hybridized carbons (Fsp3) is 0. The quantitative estimate of drug-likeness (QED) is 0.383. The van der Waals surface area contributed by atoms with Gasteiger partial charge in [-0.1, -0.05) is 0 Å². The van der Waals surface area contributed by atoms with Crippen molar-refractivity contribution in [2.75, 3.05) is 0 Å². The molecule has 0 rings (SSSR count). The van der Waals surface area contributed by atoms with Crippen LogP contribution in [0, 0.1) is 14.9 Å². The van der Waals surface area contributed by atoms with Crippen LogP contribution in [0.4, 0.5) is 0 Å². The number of rotatable bonds is 0. The van der Waals surface area contributed by atoms with E-state index in [4.69, 9.17) is 6.80 Å². The van der Waals surface area contributed by atoms with Gasteiger partial charge in [0.15, 0.2) is 0 Å². The third-order valence-electron chi connectivity index (χ3n) is 0. The molecule has 32 valence electrons. The average Bonchev–Trinajstić information content (AvgIpc) is 0.918. The molecule has 2 nitrogen and oxygen atoms in total. The molecule has 0 heterocycles. The number of hydrogen-bond donors (Lipinski definition) is 0. The van der Waals surface area contributed by atoms with E-state index in [-0.39, 0.29) is 14.9 Å². The Kier molecular flexibility index (Phi) is 104. The molecule has 0 spiro atoms. The van der Waals surface area contributed by atoms with Crippen molar-refractivity contribution in [1.82, 2.24) is 0 Å². The van der Waals surface area contributed by atoms with Crippen LogP contribution < -0.4 is 0 Å². The predicted octanol–water partition coefficient (Wildman–Crippen LogP) is 0.660. The van der Waals surface area contributed by atoms with Gasteiger partial charge in [-0.2, -0.15) is 0 Å². The van der Waals surface area contributed by atoms with Gasteiger partial charge in [-0.3, -0.25) is 0 Å². The van der Waals surface area contributed by atoms with Crippen molar-refractivity contribution in [2.45, 2.75) is 0 Å². The fourth-order valence-electron chi connectivity index (χ4n) is 0. The molecule has 0 aliphatic carbocycles. The Bertz CT molecular complexity index is 28.6. The predicted molar refractivity (Wildman–Crippen MR) is 14.2 cm³/mol. The summed E-state index contributed by atoms with van der Waals surface area (Å²) in [6.45, 7) is 0. The summed E-state index contributed by atoms with van der Waals surface area (Å²) in [5.41, 5.74) is 0.